The Labute approximate surface area is 121 Å². The first kappa shape index (κ1) is 14.8. The highest BCUT2D eigenvalue weighted by molar-refractivity contribution is 6.30. The molecule has 1 aromatic rings. The van der Waals surface area contributed by atoms with Crippen molar-refractivity contribution in [1.82, 2.24) is 9.80 Å². The third-order valence-corrected chi connectivity index (χ3v) is 4.13. The normalized spacial score (nSPS) is 22.1. The Hall–Kier alpha value is -0.610. The van der Waals surface area contributed by atoms with Crippen molar-refractivity contribution in [3.05, 3.63) is 34.9 Å². The van der Waals surface area contributed by atoms with Crippen LogP contribution in [0.5, 0.6) is 0 Å². The molecule has 0 amide bonds. The summed E-state index contributed by atoms with van der Waals surface area (Å²) in [6.07, 6.45) is 2.53. The predicted molar refractivity (Wildman–Crippen MR) is 81.5 cm³/mol. The highest BCUT2D eigenvalue weighted by Crippen LogP contribution is 2.29. The maximum atomic E-state index is 6.03. The molecule has 1 saturated heterocycles. The molecule has 0 radical (unpaired) electrons. The van der Waals surface area contributed by atoms with Crippen LogP contribution in [0.2, 0.25) is 5.02 Å². The van der Waals surface area contributed by atoms with Crippen molar-refractivity contribution in [2.75, 3.05) is 33.7 Å². The van der Waals surface area contributed by atoms with Crippen LogP contribution in [-0.4, -0.2) is 49.6 Å². The molecule has 2 rings (SSSR count). The first-order chi connectivity index (χ1) is 9.11. The molecule has 106 valence electrons. The van der Waals surface area contributed by atoms with Crippen molar-refractivity contribution in [3.63, 3.8) is 0 Å². The zero-order valence-electron chi connectivity index (χ0n) is 11.8. The van der Waals surface area contributed by atoms with Gasteiger partial charge in [-0.25, -0.2) is 0 Å². The van der Waals surface area contributed by atoms with Crippen LogP contribution in [-0.2, 0) is 0 Å². The SMILES string of the molecule is CN(C)CC1CCCN1C(CN)c1ccc(Cl)cc1. The summed E-state index contributed by atoms with van der Waals surface area (Å²) in [5.74, 6) is 0. The van der Waals surface area contributed by atoms with Crippen molar-refractivity contribution in [2.45, 2.75) is 24.9 Å². The lowest BCUT2D eigenvalue weighted by atomic mass is 10.0. The van der Waals surface area contributed by atoms with Crippen LogP contribution in [0.4, 0.5) is 0 Å². The maximum absolute atomic E-state index is 6.03. The number of likely N-dealkylation sites (tertiary alicyclic amines) is 1. The van der Waals surface area contributed by atoms with E-state index in [0.717, 1.165) is 18.1 Å². The minimum absolute atomic E-state index is 0.310. The van der Waals surface area contributed by atoms with Gasteiger partial charge in [0.1, 0.15) is 0 Å². The number of hydrogen-bond acceptors (Lipinski definition) is 3. The third kappa shape index (κ3) is 3.69. The Morgan fingerprint density at radius 1 is 1.37 bits per heavy atom. The quantitative estimate of drug-likeness (QED) is 0.899. The summed E-state index contributed by atoms with van der Waals surface area (Å²) in [4.78, 5) is 4.82. The van der Waals surface area contributed by atoms with E-state index < -0.39 is 0 Å². The Morgan fingerprint density at radius 2 is 2.05 bits per heavy atom. The fraction of sp³-hybridized carbons (Fsp3) is 0.600. The van der Waals surface area contributed by atoms with Gasteiger partial charge in [0.15, 0.2) is 0 Å². The second-order valence-electron chi connectivity index (χ2n) is 5.60. The van der Waals surface area contributed by atoms with Gasteiger partial charge in [0.2, 0.25) is 0 Å². The second-order valence-corrected chi connectivity index (χ2v) is 6.04. The average molecular weight is 282 g/mol. The topological polar surface area (TPSA) is 32.5 Å². The molecule has 19 heavy (non-hydrogen) atoms. The number of nitrogens with two attached hydrogens (primary N) is 1. The second kappa shape index (κ2) is 6.71. The Bertz CT molecular complexity index is 391. The van der Waals surface area contributed by atoms with E-state index in [0.29, 0.717) is 18.6 Å². The molecular formula is C15H24ClN3. The van der Waals surface area contributed by atoms with Crippen LogP contribution in [0.25, 0.3) is 0 Å². The monoisotopic (exact) mass is 281 g/mol. The number of rotatable bonds is 5. The lowest BCUT2D eigenvalue weighted by Crippen LogP contribution is -2.42. The molecule has 1 aliphatic heterocycles. The largest absolute Gasteiger partial charge is 0.329 e. The van der Waals surface area contributed by atoms with Crippen LogP contribution in [0, 0.1) is 0 Å². The standard InChI is InChI=1S/C15H24ClN3/c1-18(2)11-14-4-3-9-19(14)15(10-17)12-5-7-13(16)8-6-12/h5-8,14-15H,3-4,9-11,17H2,1-2H3. The fourth-order valence-corrected chi connectivity index (χ4v) is 3.16. The van der Waals surface area contributed by atoms with E-state index in [1.54, 1.807) is 0 Å². The minimum Gasteiger partial charge on any atom is -0.329 e. The number of benzene rings is 1. The Morgan fingerprint density at radius 3 is 2.63 bits per heavy atom. The zero-order chi connectivity index (χ0) is 13.8. The number of likely N-dealkylation sites (N-methyl/N-ethyl adjacent to an activating group) is 1. The summed E-state index contributed by atoms with van der Waals surface area (Å²) in [7, 11) is 4.27. The summed E-state index contributed by atoms with van der Waals surface area (Å²) in [6.45, 7) is 2.90. The predicted octanol–water partition coefficient (Wildman–Crippen LogP) is 2.37. The van der Waals surface area contributed by atoms with Gasteiger partial charge < -0.3 is 10.6 Å². The fourth-order valence-electron chi connectivity index (χ4n) is 3.03. The smallest absolute Gasteiger partial charge is 0.0473 e. The van der Waals surface area contributed by atoms with Crippen LogP contribution < -0.4 is 5.73 Å². The van der Waals surface area contributed by atoms with Gasteiger partial charge in [-0.1, -0.05) is 23.7 Å². The van der Waals surface area contributed by atoms with Gasteiger partial charge in [-0.2, -0.15) is 0 Å². The molecule has 2 atom stereocenters. The van der Waals surface area contributed by atoms with Crippen LogP contribution in [0.15, 0.2) is 24.3 Å². The third-order valence-electron chi connectivity index (χ3n) is 3.88. The number of halogens is 1. The molecule has 1 aromatic carbocycles. The van der Waals surface area contributed by atoms with Crippen LogP contribution in [0.3, 0.4) is 0 Å². The first-order valence-electron chi connectivity index (χ1n) is 6.98. The van der Waals surface area contributed by atoms with E-state index in [4.69, 9.17) is 17.3 Å². The van der Waals surface area contributed by atoms with Crippen LogP contribution >= 0.6 is 11.6 Å². The molecule has 0 aliphatic carbocycles. The summed E-state index contributed by atoms with van der Waals surface area (Å²) < 4.78 is 0. The van der Waals surface area contributed by atoms with E-state index in [1.165, 1.54) is 18.4 Å². The van der Waals surface area contributed by atoms with Gasteiger partial charge >= 0.3 is 0 Å². The van der Waals surface area contributed by atoms with Gasteiger partial charge in [0.25, 0.3) is 0 Å². The zero-order valence-corrected chi connectivity index (χ0v) is 12.6. The molecule has 0 aromatic heterocycles. The molecule has 2 N–H and O–H groups in total. The molecule has 0 bridgehead atoms. The van der Waals surface area contributed by atoms with Crippen molar-refractivity contribution in [2.24, 2.45) is 5.73 Å². The summed E-state index contributed by atoms with van der Waals surface area (Å²) >= 11 is 5.97. The molecule has 4 heteroatoms. The molecule has 3 nitrogen and oxygen atoms in total. The minimum atomic E-state index is 0.310. The van der Waals surface area contributed by atoms with Crippen molar-refractivity contribution in [3.8, 4) is 0 Å². The Kier molecular flexibility index (Phi) is 5.22. The van der Waals surface area contributed by atoms with Gasteiger partial charge in [-0.3, -0.25) is 4.90 Å². The number of nitrogens with zero attached hydrogens (tertiary/aromatic N) is 2. The maximum Gasteiger partial charge on any atom is 0.0473 e. The molecule has 1 aliphatic rings. The van der Waals surface area contributed by atoms with Gasteiger partial charge in [0.05, 0.1) is 0 Å². The summed E-state index contributed by atoms with van der Waals surface area (Å²) in [5.41, 5.74) is 7.30. The Balaban J connectivity index is 2.14. The van der Waals surface area contributed by atoms with Crippen molar-refractivity contribution >= 4 is 11.6 Å². The van der Waals surface area contributed by atoms with E-state index in [9.17, 15) is 0 Å². The van der Waals surface area contributed by atoms with Crippen LogP contribution in [0.1, 0.15) is 24.4 Å². The highest BCUT2D eigenvalue weighted by atomic mass is 35.5. The van der Waals surface area contributed by atoms with E-state index in [2.05, 4.69) is 36.0 Å². The van der Waals surface area contributed by atoms with Gasteiger partial charge in [-0.15, -0.1) is 0 Å². The van der Waals surface area contributed by atoms with Gasteiger partial charge in [0, 0.05) is 30.2 Å². The average Bonchev–Trinajstić information content (AvgIpc) is 2.80. The van der Waals surface area contributed by atoms with E-state index in [-0.39, 0.29) is 0 Å². The number of hydrogen-bond donors (Lipinski definition) is 1. The molecule has 1 fully saturated rings. The van der Waals surface area contributed by atoms with E-state index >= 15 is 0 Å². The summed E-state index contributed by atoms with van der Waals surface area (Å²) in [5, 5.41) is 0.783. The lowest BCUT2D eigenvalue weighted by Gasteiger charge is -2.34. The highest BCUT2D eigenvalue weighted by Gasteiger charge is 2.30. The molecular weight excluding hydrogens is 258 g/mol. The lowest BCUT2D eigenvalue weighted by molar-refractivity contribution is 0.156. The van der Waals surface area contributed by atoms with Crippen molar-refractivity contribution < 1.29 is 0 Å². The molecule has 0 saturated carbocycles. The molecule has 2 unspecified atom stereocenters. The molecule has 1 heterocycles. The van der Waals surface area contributed by atoms with Gasteiger partial charge in [-0.05, 0) is 51.2 Å². The molecule has 0 spiro atoms. The summed E-state index contributed by atoms with van der Waals surface area (Å²) in [6, 6.07) is 9.03. The first-order valence-corrected chi connectivity index (χ1v) is 7.35. The van der Waals surface area contributed by atoms with E-state index in [1.807, 2.05) is 12.1 Å². The van der Waals surface area contributed by atoms with Crippen molar-refractivity contribution in [1.29, 1.82) is 0 Å².